The third-order valence-electron chi connectivity index (χ3n) is 2.53. The number of hydrogen-bond donors (Lipinski definition) is 0. The highest BCUT2D eigenvalue weighted by Gasteiger charge is 2.19. The topological polar surface area (TPSA) is 46.1 Å². The second-order valence-corrected chi connectivity index (χ2v) is 3.57. The van der Waals surface area contributed by atoms with Crippen LogP contribution in [0.1, 0.15) is 12.8 Å². The fourth-order valence-corrected chi connectivity index (χ4v) is 1.79. The van der Waals surface area contributed by atoms with Gasteiger partial charge in [-0.1, -0.05) is 0 Å². The Labute approximate surface area is 82.9 Å². The van der Waals surface area contributed by atoms with Crippen LogP contribution in [0.5, 0.6) is 0 Å². The van der Waals surface area contributed by atoms with Crippen LogP contribution < -0.4 is 4.90 Å². The summed E-state index contributed by atoms with van der Waals surface area (Å²) >= 11 is 0. The van der Waals surface area contributed by atoms with Gasteiger partial charge in [-0.3, -0.25) is 0 Å². The Hall–Kier alpha value is -1.45. The van der Waals surface area contributed by atoms with Crippen molar-refractivity contribution in [1.29, 1.82) is 0 Å². The van der Waals surface area contributed by atoms with E-state index in [9.17, 15) is 4.79 Å². The minimum atomic E-state index is 0.158. The van der Waals surface area contributed by atoms with E-state index >= 15 is 0 Å². The highest BCUT2D eigenvalue weighted by atomic mass is 16.1. The number of carbonyl (C=O) groups excluding carboxylic acids is 1. The van der Waals surface area contributed by atoms with Gasteiger partial charge in [0, 0.05) is 25.2 Å². The highest BCUT2D eigenvalue weighted by Crippen LogP contribution is 2.19. The summed E-state index contributed by atoms with van der Waals surface area (Å²) in [5.74, 6) is 1.03. The minimum absolute atomic E-state index is 0.158. The van der Waals surface area contributed by atoms with Crippen molar-refractivity contribution in [2.75, 3.05) is 18.0 Å². The van der Waals surface area contributed by atoms with Crippen molar-refractivity contribution in [2.45, 2.75) is 12.8 Å². The molecule has 0 aromatic carbocycles. The van der Waals surface area contributed by atoms with Gasteiger partial charge in [0.15, 0.2) is 5.82 Å². The molecule has 74 valence electrons. The SMILES string of the molecule is O=CC1CCCN(c2cccnn2)C1. The van der Waals surface area contributed by atoms with Gasteiger partial charge < -0.3 is 9.69 Å². The average Bonchev–Trinajstić information content (AvgIpc) is 2.30. The van der Waals surface area contributed by atoms with E-state index in [1.165, 1.54) is 0 Å². The molecule has 1 aromatic rings. The molecule has 1 aliphatic rings. The number of carbonyl (C=O) groups is 1. The van der Waals surface area contributed by atoms with E-state index in [0.29, 0.717) is 0 Å². The van der Waals surface area contributed by atoms with Gasteiger partial charge in [0.2, 0.25) is 0 Å². The van der Waals surface area contributed by atoms with Gasteiger partial charge in [-0.25, -0.2) is 0 Å². The molecule has 2 rings (SSSR count). The highest BCUT2D eigenvalue weighted by molar-refractivity contribution is 5.56. The second kappa shape index (κ2) is 4.17. The van der Waals surface area contributed by atoms with Crippen molar-refractivity contribution < 1.29 is 4.79 Å². The molecule has 1 saturated heterocycles. The van der Waals surface area contributed by atoms with Crippen molar-refractivity contribution in [1.82, 2.24) is 10.2 Å². The maximum absolute atomic E-state index is 10.7. The molecule has 0 spiro atoms. The molecule has 14 heavy (non-hydrogen) atoms. The lowest BCUT2D eigenvalue weighted by Crippen LogP contribution is -2.36. The summed E-state index contributed by atoms with van der Waals surface area (Å²) in [4.78, 5) is 12.8. The number of nitrogens with zero attached hydrogens (tertiary/aromatic N) is 3. The van der Waals surface area contributed by atoms with Gasteiger partial charge in [-0.05, 0) is 25.0 Å². The molecule has 0 N–H and O–H groups in total. The molecule has 1 atom stereocenters. The molecule has 0 aliphatic carbocycles. The summed E-state index contributed by atoms with van der Waals surface area (Å²) < 4.78 is 0. The van der Waals surface area contributed by atoms with Crippen LogP contribution in [0, 0.1) is 5.92 Å². The first-order chi connectivity index (χ1) is 6.90. The average molecular weight is 191 g/mol. The van der Waals surface area contributed by atoms with Crippen LogP contribution in [-0.4, -0.2) is 29.6 Å². The number of hydrogen-bond acceptors (Lipinski definition) is 4. The van der Waals surface area contributed by atoms with Gasteiger partial charge in [0.05, 0.1) is 0 Å². The van der Waals surface area contributed by atoms with Crippen molar-refractivity contribution in [3.8, 4) is 0 Å². The number of aldehydes is 1. The largest absolute Gasteiger partial charge is 0.354 e. The smallest absolute Gasteiger partial charge is 0.151 e. The Bertz CT molecular complexity index is 301. The molecule has 1 aromatic heterocycles. The van der Waals surface area contributed by atoms with E-state index in [4.69, 9.17) is 0 Å². The van der Waals surface area contributed by atoms with E-state index in [1.807, 2.05) is 12.1 Å². The molecule has 4 nitrogen and oxygen atoms in total. The fraction of sp³-hybridized carbons (Fsp3) is 0.500. The molecule has 0 amide bonds. The first-order valence-electron chi connectivity index (χ1n) is 4.88. The van der Waals surface area contributed by atoms with Crippen molar-refractivity contribution >= 4 is 12.1 Å². The van der Waals surface area contributed by atoms with Crippen LogP contribution in [0.4, 0.5) is 5.82 Å². The zero-order valence-electron chi connectivity index (χ0n) is 7.97. The number of aromatic nitrogens is 2. The van der Waals surface area contributed by atoms with Crippen LogP contribution >= 0.6 is 0 Å². The van der Waals surface area contributed by atoms with Gasteiger partial charge in [-0.2, -0.15) is 5.10 Å². The summed E-state index contributed by atoms with van der Waals surface area (Å²) in [5, 5.41) is 7.86. The lowest BCUT2D eigenvalue weighted by molar-refractivity contribution is -0.111. The summed E-state index contributed by atoms with van der Waals surface area (Å²) in [6, 6.07) is 3.80. The lowest BCUT2D eigenvalue weighted by atomic mass is 10.00. The van der Waals surface area contributed by atoms with Crippen molar-refractivity contribution in [2.24, 2.45) is 5.92 Å². The molecule has 4 heteroatoms. The van der Waals surface area contributed by atoms with Crippen LogP contribution in [-0.2, 0) is 4.79 Å². The monoisotopic (exact) mass is 191 g/mol. The van der Waals surface area contributed by atoms with Crippen LogP contribution in [0.25, 0.3) is 0 Å². The normalized spacial score (nSPS) is 22.0. The zero-order chi connectivity index (χ0) is 9.80. The van der Waals surface area contributed by atoms with Crippen molar-refractivity contribution in [3.63, 3.8) is 0 Å². The summed E-state index contributed by atoms with van der Waals surface area (Å²) in [7, 11) is 0. The third-order valence-corrected chi connectivity index (χ3v) is 2.53. The van der Waals surface area contributed by atoms with Gasteiger partial charge in [0.25, 0.3) is 0 Å². The molecule has 2 heterocycles. The number of anilines is 1. The van der Waals surface area contributed by atoms with Gasteiger partial charge in [-0.15, -0.1) is 5.10 Å². The molecule has 0 saturated carbocycles. The van der Waals surface area contributed by atoms with Gasteiger partial charge in [0.1, 0.15) is 6.29 Å². The molecule has 1 unspecified atom stereocenters. The summed E-state index contributed by atoms with van der Waals surface area (Å²) in [6.45, 7) is 1.76. The van der Waals surface area contributed by atoms with Crippen LogP contribution in [0.3, 0.4) is 0 Å². The predicted molar refractivity (Wildman–Crippen MR) is 53.0 cm³/mol. The first-order valence-corrected chi connectivity index (χ1v) is 4.88. The van der Waals surface area contributed by atoms with E-state index in [1.54, 1.807) is 6.20 Å². The maximum Gasteiger partial charge on any atom is 0.151 e. The molecular weight excluding hydrogens is 178 g/mol. The second-order valence-electron chi connectivity index (χ2n) is 3.57. The van der Waals surface area contributed by atoms with E-state index < -0.39 is 0 Å². The van der Waals surface area contributed by atoms with Crippen molar-refractivity contribution in [3.05, 3.63) is 18.3 Å². The Morgan fingerprint density at radius 2 is 2.50 bits per heavy atom. The zero-order valence-corrected chi connectivity index (χ0v) is 7.97. The molecule has 0 bridgehead atoms. The number of rotatable bonds is 2. The van der Waals surface area contributed by atoms with E-state index in [-0.39, 0.29) is 5.92 Å². The fourth-order valence-electron chi connectivity index (χ4n) is 1.79. The van der Waals surface area contributed by atoms with E-state index in [0.717, 1.165) is 38.0 Å². The Kier molecular flexibility index (Phi) is 2.72. The molecule has 0 radical (unpaired) electrons. The molecular formula is C10H13N3O. The maximum atomic E-state index is 10.7. The van der Waals surface area contributed by atoms with Crippen LogP contribution in [0.2, 0.25) is 0 Å². The first kappa shape index (κ1) is 9.12. The van der Waals surface area contributed by atoms with Crippen LogP contribution in [0.15, 0.2) is 18.3 Å². The molecule has 1 aliphatic heterocycles. The number of piperidine rings is 1. The predicted octanol–water partition coefficient (Wildman–Crippen LogP) is 0.892. The summed E-state index contributed by atoms with van der Waals surface area (Å²) in [5.41, 5.74) is 0. The third kappa shape index (κ3) is 1.89. The Balaban J connectivity index is 2.08. The molecule has 1 fully saturated rings. The Morgan fingerprint density at radius 3 is 3.21 bits per heavy atom. The lowest BCUT2D eigenvalue weighted by Gasteiger charge is -2.30. The Morgan fingerprint density at radius 1 is 1.57 bits per heavy atom. The minimum Gasteiger partial charge on any atom is -0.354 e. The summed E-state index contributed by atoms with van der Waals surface area (Å²) in [6.07, 6.45) is 4.76. The van der Waals surface area contributed by atoms with Gasteiger partial charge >= 0.3 is 0 Å². The standard InChI is InChI=1S/C10H13N3O/c14-8-9-3-2-6-13(7-9)10-4-1-5-11-12-10/h1,4-5,8-9H,2-3,6-7H2. The van der Waals surface area contributed by atoms with E-state index in [2.05, 4.69) is 15.1 Å². The quantitative estimate of drug-likeness (QED) is 0.651.